The minimum absolute atomic E-state index is 0.255. The van der Waals surface area contributed by atoms with Gasteiger partial charge in [-0.05, 0) is 157 Å². The summed E-state index contributed by atoms with van der Waals surface area (Å²) < 4.78 is 44.8. The van der Waals surface area contributed by atoms with Gasteiger partial charge in [-0.1, -0.05) is 95.1 Å². The maximum absolute atomic E-state index is 15.4. The average molecular weight is 807 g/mol. The molecule has 10 aromatic carbocycles. The number of fused-ring (bicyclic) bond motifs is 8. The van der Waals surface area contributed by atoms with Gasteiger partial charge in [-0.15, -0.1) is 0 Å². The van der Waals surface area contributed by atoms with Gasteiger partial charge in [-0.3, -0.25) is 0 Å². The molecule has 0 fully saturated rings. The first-order valence-electron chi connectivity index (χ1n) is 21.2. The van der Waals surface area contributed by atoms with Crippen LogP contribution >= 0.6 is 0 Å². The molecule has 0 saturated carbocycles. The van der Waals surface area contributed by atoms with Crippen molar-refractivity contribution >= 4 is 76.2 Å². The van der Waals surface area contributed by atoms with E-state index in [2.05, 4.69) is 100 Å². The molecule has 0 aliphatic rings. The molecule has 0 radical (unpaired) electrons. The second kappa shape index (κ2) is 13.1. The highest BCUT2D eigenvalue weighted by Gasteiger charge is 2.26. The fourth-order valence-electron chi connectivity index (χ4n) is 10.6. The molecule has 4 heteroatoms. The van der Waals surface area contributed by atoms with E-state index in [0.29, 0.717) is 22.3 Å². The normalized spacial score (nSPS) is 12.2. The van der Waals surface area contributed by atoms with Crippen molar-refractivity contribution in [1.29, 1.82) is 0 Å². The zero-order valence-electron chi connectivity index (χ0n) is 35.3. The van der Waals surface area contributed by atoms with Gasteiger partial charge in [0, 0.05) is 54.2 Å². The molecule has 62 heavy (non-hydrogen) atoms. The highest BCUT2D eigenvalue weighted by Crippen LogP contribution is 2.51. The van der Waals surface area contributed by atoms with Gasteiger partial charge in [0.25, 0.3) is 0 Å². The molecule has 0 N–H and O–H groups in total. The molecule has 0 amide bonds. The van der Waals surface area contributed by atoms with Crippen molar-refractivity contribution in [3.05, 3.63) is 178 Å². The number of benzene rings is 10. The summed E-state index contributed by atoms with van der Waals surface area (Å²) in [4.78, 5) is 0. The Hall–Kier alpha value is -7.30. The van der Waals surface area contributed by atoms with Gasteiger partial charge >= 0.3 is 0 Å². The molecule has 0 atom stereocenters. The van der Waals surface area contributed by atoms with Gasteiger partial charge in [0.1, 0.15) is 34.0 Å². The van der Waals surface area contributed by atoms with Crippen LogP contribution in [0.1, 0.15) is 33.4 Å². The van der Waals surface area contributed by atoms with Crippen LogP contribution in [0, 0.1) is 53.2 Å². The highest BCUT2D eigenvalue weighted by molar-refractivity contribution is 6.38. The first kappa shape index (κ1) is 36.5. The van der Waals surface area contributed by atoms with E-state index in [9.17, 15) is 0 Å². The van der Waals surface area contributed by atoms with Gasteiger partial charge in [-0.2, -0.15) is 0 Å². The Kier molecular flexibility index (Phi) is 7.72. The predicted molar refractivity (Wildman–Crippen MR) is 255 cm³/mol. The lowest BCUT2D eigenvalue weighted by atomic mass is 9.83. The largest absolute Gasteiger partial charge is 0.455 e. The van der Waals surface area contributed by atoms with Crippen molar-refractivity contribution in [3.8, 4) is 44.5 Å². The van der Waals surface area contributed by atoms with E-state index in [0.717, 1.165) is 110 Å². The Morgan fingerprint density at radius 2 is 0.742 bits per heavy atom. The Bertz CT molecular complexity index is 3560. The molecule has 12 rings (SSSR count). The Balaban J connectivity index is 1.26. The molecule has 0 aliphatic carbocycles. The first-order valence-corrected chi connectivity index (χ1v) is 21.2. The van der Waals surface area contributed by atoms with E-state index in [1.807, 2.05) is 50.2 Å². The van der Waals surface area contributed by atoms with Crippen LogP contribution in [0.25, 0.3) is 121 Å². The third-order valence-electron chi connectivity index (χ3n) is 13.1. The third-order valence-corrected chi connectivity index (χ3v) is 13.1. The number of hydrogen-bond donors (Lipinski definition) is 0. The summed E-state index contributed by atoms with van der Waals surface area (Å²) in [5.41, 5.74) is 16.6. The number of rotatable bonds is 4. The summed E-state index contributed by atoms with van der Waals surface area (Å²) >= 11 is 0. The van der Waals surface area contributed by atoms with Gasteiger partial charge in [0.2, 0.25) is 0 Å². The van der Waals surface area contributed by atoms with Crippen molar-refractivity contribution in [2.75, 3.05) is 0 Å². The molecule has 0 saturated heterocycles. The predicted octanol–water partition coefficient (Wildman–Crippen LogP) is 17.2. The number of furan rings is 2. The Morgan fingerprint density at radius 1 is 0.339 bits per heavy atom. The molecular weight excluding hydrogens is 767 g/mol. The maximum atomic E-state index is 15.4. The van der Waals surface area contributed by atoms with E-state index in [4.69, 9.17) is 8.83 Å². The summed E-state index contributed by atoms with van der Waals surface area (Å²) in [7, 11) is 0. The van der Waals surface area contributed by atoms with Gasteiger partial charge in [0.15, 0.2) is 0 Å². The van der Waals surface area contributed by atoms with E-state index in [-0.39, 0.29) is 11.6 Å². The maximum Gasteiger partial charge on any atom is 0.143 e. The lowest BCUT2D eigenvalue weighted by molar-refractivity contribution is 0.629. The van der Waals surface area contributed by atoms with Gasteiger partial charge in [-0.25, -0.2) is 8.78 Å². The van der Waals surface area contributed by atoms with Crippen LogP contribution in [0.2, 0.25) is 0 Å². The topological polar surface area (TPSA) is 26.3 Å². The first-order chi connectivity index (χ1) is 30.0. The molecule has 0 bridgehead atoms. The quantitative estimate of drug-likeness (QED) is 0.166. The van der Waals surface area contributed by atoms with Gasteiger partial charge < -0.3 is 8.83 Å². The SMILES string of the molecule is Cc1cc(C)cc(-c2cc3c4oc5cc(-c6c(C)cccc6F)ccc5c4cc4c(-c5cc(C)cc(C)c5)cc5c6oc7cc(-c8c(C)cccc8F)ccc7c6cc2c5c43)c1. The second-order valence-electron chi connectivity index (χ2n) is 17.5. The minimum atomic E-state index is -0.255. The van der Waals surface area contributed by atoms with Crippen LogP contribution < -0.4 is 0 Å². The second-order valence-corrected chi connectivity index (χ2v) is 17.5. The summed E-state index contributed by atoms with van der Waals surface area (Å²) in [6, 6.07) is 45.3. The zero-order valence-corrected chi connectivity index (χ0v) is 35.3. The summed E-state index contributed by atoms with van der Waals surface area (Å²) in [6.07, 6.45) is 0. The molecule has 0 aliphatic heterocycles. The summed E-state index contributed by atoms with van der Waals surface area (Å²) in [6.45, 7) is 12.5. The third kappa shape index (κ3) is 5.32. The average Bonchev–Trinajstić information content (AvgIpc) is 3.79. The Labute approximate surface area is 357 Å². The molecule has 12 aromatic rings. The van der Waals surface area contributed by atoms with Crippen molar-refractivity contribution in [2.24, 2.45) is 0 Å². The molecular formula is C58H40F2O2. The van der Waals surface area contributed by atoms with Crippen LogP contribution in [0.15, 0.2) is 142 Å². The van der Waals surface area contributed by atoms with E-state index in [1.165, 1.54) is 34.4 Å². The van der Waals surface area contributed by atoms with Crippen LogP contribution in [0.3, 0.4) is 0 Å². The van der Waals surface area contributed by atoms with Crippen molar-refractivity contribution < 1.29 is 17.6 Å². The zero-order chi connectivity index (χ0) is 42.3. The van der Waals surface area contributed by atoms with Crippen molar-refractivity contribution in [1.82, 2.24) is 0 Å². The fourth-order valence-corrected chi connectivity index (χ4v) is 10.6. The molecule has 0 unspecified atom stereocenters. The lowest BCUT2D eigenvalue weighted by Crippen LogP contribution is -1.93. The minimum Gasteiger partial charge on any atom is -0.455 e. The molecule has 2 heterocycles. The standard InChI is InChI=1S/C58H40F2O2/c1-29-17-30(2)20-37(19-29)41-25-47-56-44(28-46-40-16-14-36(24-52(40)61-57(46)47)54-34(6)10-8-12-50(54)60)42(38-21-31(3)18-32(4)22-38)26-48-55(56)43(41)27-45-39-15-13-35(23-51(39)62-58(45)48)53-33(5)9-7-11-49(53)59/h7-28H,1-6H3. The van der Waals surface area contributed by atoms with Crippen molar-refractivity contribution in [2.45, 2.75) is 41.5 Å². The molecule has 0 spiro atoms. The smallest absolute Gasteiger partial charge is 0.143 e. The van der Waals surface area contributed by atoms with E-state index >= 15 is 8.78 Å². The molecule has 298 valence electrons. The lowest BCUT2D eigenvalue weighted by Gasteiger charge is -2.19. The molecule has 2 nitrogen and oxygen atoms in total. The van der Waals surface area contributed by atoms with Crippen LogP contribution in [0.5, 0.6) is 0 Å². The number of halogens is 2. The highest BCUT2D eigenvalue weighted by atomic mass is 19.1. The number of aryl methyl sites for hydroxylation is 6. The van der Waals surface area contributed by atoms with Gasteiger partial charge in [0.05, 0.1) is 0 Å². The summed E-state index contributed by atoms with van der Waals surface area (Å²) in [5, 5.41) is 10.4. The van der Waals surface area contributed by atoms with Crippen LogP contribution in [-0.4, -0.2) is 0 Å². The van der Waals surface area contributed by atoms with Crippen molar-refractivity contribution in [3.63, 3.8) is 0 Å². The van der Waals surface area contributed by atoms with Crippen LogP contribution in [0.4, 0.5) is 8.78 Å². The fraction of sp³-hybridized carbons (Fsp3) is 0.103. The van der Waals surface area contributed by atoms with Crippen LogP contribution in [-0.2, 0) is 0 Å². The molecule has 2 aromatic heterocycles. The van der Waals surface area contributed by atoms with E-state index in [1.54, 1.807) is 12.1 Å². The monoisotopic (exact) mass is 806 g/mol. The Morgan fingerprint density at radius 3 is 1.13 bits per heavy atom. The van der Waals surface area contributed by atoms with E-state index < -0.39 is 0 Å². The number of hydrogen-bond acceptors (Lipinski definition) is 2. The summed E-state index contributed by atoms with van der Waals surface area (Å²) in [5.74, 6) is -0.509.